The number of fused-ring (bicyclic) bond motifs is 1. The molecule has 0 spiro atoms. The van der Waals surface area contributed by atoms with Crippen molar-refractivity contribution in [3.8, 4) is 0 Å². The second-order valence-corrected chi connectivity index (χ2v) is 5.45. The zero-order valence-corrected chi connectivity index (χ0v) is 12.5. The average molecular weight is 375 g/mol. The van der Waals surface area contributed by atoms with E-state index in [0.717, 1.165) is 14.8 Å². The lowest BCUT2D eigenvalue weighted by molar-refractivity contribution is 0.102. The highest BCUT2D eigenvalue weighted by Gasteiger charge is 2.09. The zero-order valence-electron chi connectivity index (χ0n) is 10.4. The van der Waals surface area contributed by atoms with E-state index in [1.807, 2.05) is 48.5 Å². The molecule has 98 valence electrons. The molecule has 2 aromatic carbocycles. The minimum atomic E-state index is -0.259. The first-order chi connectivity index (χ1) is 9.72. The van der Waals surface area contributed by atoms with Crippen LogP contribution in [0.15, 0.2) is 54.7 Å². The SMILES string of the molecule is O=C(Nc1cccc(I)c1)c1cnc2ccccc2n1. The monoisotopic (exact) mass is 375 g/mol. The number of carbonyl (C=O) groups excluding carboxylic acids is 1. The maximum atomic E-state index is 12.2. The molecule has 0 saturated heterocycles. The first kappa shape index (κ1) is 13.0. The number of hydrogen-bond acceptors (Lipinski definition) is 3. The molecule has 0 saturated carbocycles. The number of para-hydroxylation sites is 2. The average Bonchev–Trinajstić information content (AvgIpc) is 2.47. The number of carbonyl (C=O) groups is 1. The molecule has 3 rings (SSSR count). The Balaban J connectivity index is 1.88. The Morgan fingerprint density at radius 1 is 1.05 bits per heavy atom. The van der Waals surface area contributed by atoms with Crippen molar-refractivity contribution in [2.75, 3.05) is 5.32 Å². The lowest BCUT2D eigenvalue weighted by Crippen LogP contribution is -2.14. The fourth-order valence-electron chi connectivity index (χ4n) is 1.83. The van der Waals surface area contributed by atoms with Gasteiger partial charge >= 0.3 is 0 Å². The number of halogens is 1. The van der Waals surface area contributed by atoms with E-state index >= 15 is 0 Å². The number of nitrogens with zero attached hydrogens (tertiary/aromatic N) is 2. The molecule has 1 N–H and O–H groups in total. The molecule has 1 heterocycles. The topological polar surface area (TPSA) is 54.9 Å². The minimum Gasteiger partial charge on any atom is -0.321 e. The van der Waals surface area contributed by atoms with Gasteiger partial charge in [-0.25, -0.2) is 4.98 Å². The summed E-state index contributed by atoms with van der Waals surface area (Å²) in [6.07, 6.45) is 1.49. The molecule has 0 aliphatic rings. The summed E-state index contributed by atoms with van der Waals surface area (Å²) in [4.78, 5) is 20.7. The van der Waals surface area contributed by atoms with Gasteiger partial charge in [-0.15, -0.1) is 0 Å². The number of rotatable bonds is 2. The first-order valence-corrected chi connectivity index (χ1v) is 7.09. The number of anilines is 1. The maximum Gasteiger partial charge on any atom is 0.275 e. The zero-order chi connectivity index (χ0) is 13.9. The van der Waals surface area contributed by atoms with E-state index in [1.54, 1.807) is 0 Å². The third-order valence-electron chi connectivity index (χ3n) is 2.76. The summed E-state index contributed by atoms with van der Waals surface area (Å²) in [6, 6.07) is 15.1. The summed E-state index contributed by atoms with van der Waals surface area (Å²) in [5.41, 5.74) is 2.54. The van der Waals surface area contributed by atoms with Gasteiger partial charge in [-0.1, -0.05) is 18.2 Å². The van der Waals surface area contributed by atoms with Gasteiger partial charge in [0.2, 0.25) is 0 Å². The van der Waals surface area contributed by atoms with E-state index in [-0.39, 0.29) is 5.91 Å². The summed E-state index contributed by atoms with van der Waals surface area (Å²) in [5, 5.41) is 2.82. The molecule has 1 aromatic heterocycles. The van der Waals surface area contributed by atoms with Gasteiger partial charge in [-0.05, 0) is 52.9 Å². The number of nitrogens with one attached hydrogen (secondary N) is 1. The Morgan fingerprint density at radius 2 is 1.85 bits per heavy atom. The highest BCUT2D eigenvalue weighted by molar-refractivity contribution is 14.1. The van der Waals surface area contributed by atoms with Gasteiger partial charge in [-0.3, -0.25) is 9.78 Å². The predicted octanol–water partition coefficient (Wildman–Crippen LogP) is 3.49. The quantitative estimate of drug-likeness (QED) is 0.698. The first-order valence-electron chi connectivity index (χ1n) is 6.01. The van der Waals surface area contributed by atoms with Crippen LogP contribution in [-0.2, 0) is 0 Å². The van der Waals surface area contributed by atoms with Crippen molar-refractivity contribution >= 4 is 45.2 Å². The van der Waals surface area contributed by atoms with E-state index in [0.29, 0.717) is 11.2 Å². The molecule has 0 radical (unpaired) electrons. The Labute approximate surface area is 129 Å². The van der Waals surface area contributed by atoms with E-state index in [1.165, 1.54) is 6.20 Å². The smallest absolute Gasteiger partial charge is 0.275 e. The van der Waals surface area contributed by atoms with E-state index in [4.69, 9.17) is 0 Å². The van der Waals surface area contributed by atoms with E-state index in [9.17, 15) is 4.79 Å². The molecule has 0 fully saturated rings. The third-order valence-corrected chi connectivity index (χ3v) is 3.43. The van der Waals surface area contributed by atoms with Gasteiger partial charge in [0, 0.05) is 9.26 Å². The van der Waals surface area contributed by atoms with Crippen molar-refractivity contribution < 1.29 is 4.79 Å². The Bertz CT molecular complexity index is 789. The number of hydrogen-bond donors (Lipinski definition) is 1. The summed E-state index contributed by atoms with van der Waals surface area (Å²) >= 11 is 2.20. The van der Waals surface area contributed by atoms with Crippen LogP contribution in [0.5, 0.6) is 0 Å². The van der Waals surface area contributed by atoms with Crippen LogP contribution in [0, 0.1) is 3.57 Å². The molecule has 0 aliphatic heterocycles. The highest BCUT2D eigenvalue weighted by atomic mass is 127. The Kier molecular flexibility index (Phi) is 3.60. The van der Waals surface area contributed by atoms with Gasteiger partial charge in [0.05, 0.1) is 17.2 Å². The molecular formula is C15H10IN3O. The van der Waals surface area contributed by atoms with Crippen LogP contribution in [0.1, 0.15) is 10.5 Å². The molecule has 0 unspecified atom stereocenters. The van der Waals surface area contributed by atoms with Gasteiger partial charge in [-0.2, -0.15) is 0 Å². The summed E-state index contributed by atoms with van der Waals surface area (Å²) < 4.78 is 1.06. The van der Waals surface area contributed by atoms with Crippen molar-refractivity contribution in [2.24, 2.45) is 0 Å². The fraction of sp³-hybridized carbons (Fsp3) is 0. The molecule has 3 aromatic rings. The summed E-state index contributed by atoms with van der Waals surface area (Å²) in [7, 11) is 0. The number of aromatic nitrogens is 2. The van der Waals surface area contributed by atoms with Gasteiger partial charge in [0.15, 0.2) is 0 Å². The second-order valence-electron chi connectivity index (χ2n) is 4.21. The van der Waals surface area contributed by atoms with E-state index in [2.05, 4.69) is 37.9 Å². The van der Waals surface area contributed by atoms with Crippen molar-refractivity contribution in [2.45, 2.75) is 0 Å². The predicted molar refractivity (Wildman–Crippen MR) is 86.7 cm³/mol. The molecule has 1 amide bonds. The molecule has 5 heteroatoms. The Morgan fingerprint density at radius 3 is 2.65 bits per heavy atom. The van der Waals surface area contributed by atoms with Crippen molar-refractivity contribution in [3.63, 3.8) is 0 Å². The van der Waals surface area contributed by atoms with Crippen LogP contribution in [0.4, 0.5) is 5.69 Å². The maximum absolute atomic E-state index is 12.2. The fourth-order valence-corrected chi connectivity index (χ4v) is 2.37. The van der Waals surface area contributed by atoms with Crippen LogP contribution in [0.2, 0.25) is 0 Å². The standard InChI is InChI=1S/C15H10IN3O/c16-10-4-3-5-11(8-10)18-15(20)14-9-17-12-6-1-2-7-13(12)19-14/h1-9H,(H,18,20). The Hall–Kier alpha value is -2.02. The lowest BCUT2D eigenvalue weighted by Gasteiger charge is -2.05. The largest absolute Gasteiger partial charge is 0.321 e. The van der Waals surface area contributed by atoms with Crippen LogP contribution >= 0.6 is 22.6 Å². The van der Waals surface area contributed by atoms with Gasteiger partial charge in [0.1, 0.15) is 5.69 Å². The molecule has 0 bridgehead atoms. The normalized spacial score (nSPS) is 10.4. The van der Waals surface area contributed by atoms with Crippen molar-refractivity contribution in [3.05, 3.63) is 64.0 Å². The van der Waals surface area contributed by atoms with E-state index < -0.39 is 0 Å². The van der Waals surface area contributed by atoms with Gasteiger partial charge in [0.25, 0.3) is 5.91 Å². The second kappa shape index (κ2) is 5.54. The van der Waals surface area contributed by atoms with Crippen LogP contribution < -0.4 is 5.32 Å². The molecular weight excluding hydrogens is 365 g/mol. The molecule has 20 heavy (non-hydrogen) atoms. The molecule has 0 atom stereocenters. The van der Waals surface area contributed by atoms with Crippen molar-refractivity contribution in [1.82, 2.24) is 9.97 Å². The summed E-state index contributed by atoms with van der Waals surface area (Å²) in [6.45, 7) is 0. The highest BCUT2D eigenvalue weighted by Crippen LogP contribution is 2.14. The number of amides is 1. The van der Waals surface area contributed by atoms with Crippen LogP contribution in [-0.4, -0.2) is 15.9 Å². The van der Waals surface area contributed by atoms with Crippen LogP contribution in [0.25, 0.3) is 11.0 Å². The minimum absolute atomic E-state index is 0.259. The van der Waals surface area contributed by atoms with Crippen molar-refractivity contribution in [1.29, 1.82) is 0 Å². The summed E-state index contributed by atoms with van der Waals surface area (Å²) in [5.74, 6) is -0.259. The third kappa shape index (κ3) is 2.77. The molecule has 4 nitrogen and oxygen atoms in total. The number of benzene rings is 2. The van der Waals surface area contributed by atoms with Gasteiger partial charge < -0.3 is 5.32 Å². The molecule has 0 aliphatic carbocycles. The van der Waals surface area contributed by atoms with Crippen LogP contribution in [0.3, 0.4) is 0 Å². The lowest BCUT2D eigenvalue weighted by atomic mass is 10.3.